The van der Waals surface area contributed by atoms with E-state index in [1.54, 1.807) is 0 Å². The molecule has 5 heteroatoms. The smallest absolute Gasteiger partial charge is 0.230 e. The quantitative estimate of drug-likeness (QED) is 0.717. The number of nitrogens with one attached hydrogen (secondary N) is 1. The molecule has 18 heavy (non-hydrogen) atoms. The molecule has 0 saturated carbocycles. The van der Waals surface area contributed by atoms with Gasteiger partial charge in [-0.2, -0.15) is 0 Å². The highest BCUT2D eigenvalue weighted by molar-refractivity contribution is 5.83. The van der Waals surface area contributed by atoms with Crippen molar-refractivity contribution in [2.24, 2.45) is 17.1 Å². The number of ether oxygens (including phenoxy) is 1. The molecule has 0 spiro atoms. The van der Waals surface area contributed by atoms with E-state index in [0.29, 0.717) is 19.1 Å². The van der Waals surface area contributed by atoms with Crippen LogP contribution in [0.5, 0.6) is 0 Å². The van der Waals surface area contributed by atoms with Gasteiger partial charge in [0.05, 0.1) is 18.6 Å². The van der Waals surface area contributed by atoms with Crippen molar-refractivity contribution < 1.29 is 9.53 Å². The molecule has 0 radical (unpaired) electrons. The minimum atomic E-state index is -0.566. The first-order valence-electron chi connectivity index (χ1n) is 6.76. The van der Waals surface area contributed by atoms with Gasteiger partial charge in [-0.15, -0.1) is 0 Å². The van der Waals surface area contributed by atoms with Gasteiger partial charge in [0.1, 0.15) is 0 Å². The van der Waals surface area contributed by atoms with Gasteiger partial charge in [-0.05, 0) is 32.9 Å². The van der Waals surface area contributed by atoms with Crippen molar-refractivity contribution in [1.82, 2.24) is 10.2 Å². The zero-order valence-corrected chi connectivity index (χ0v) is 11.6. The van der Waals surface area contributed by atoms with Crippen molar-refractivity contribution in [3.05, 3.63) is 0 Å². The fraction of sp³-hybridized carbons (Fsp3) is 0.923. The summed E-state index contributed by atoms with van der Waals surface area (Å²) in [6, 6.07) is 0.0670. The van der Waals surface area contributed by atoms with Crippen LogP contribution in [0.2, 0.25) is 0 Å². The van der Waals surface area contributed by atoms with Crippen molar-refractivity contribution >= 4 is 5.91 Å². The monoisotopic (exact) mass is 255 g/mol. The Labute approximate surface area is 109 Å². The summed E-state index contributed by atoms with van der Waals surface area (Å²) in [5, 5.41) is 3.18. The van der Waals surface area contributed by atoms with E-state index >= 15 is 0 Å². The molecule has 4 unspecified atom stereocenters. The van der Waals surface area contributed by atoms with Crippen molar-refractivity contribution in [2.75, 3.05) is 33.4 Å². The highest BCUT2D eigenvalue weighted by atomic mass is 16.5. The number of rotatable bonds is 2. The summed E-state index contributed by atoms with van der Waals surface area (Å²) < 4.78 is 5.33. The summed E-state index contributed by atoms with van der Waals surface area (Å²) in [6.45, 7) is 7.07. The summed E-state index contributed by atoms with van der Waals surface area (Å²) >= 11 is 0. The minimum Gasteiger partial charge on any atom is -0.379 e. The van der Waals surface area contributed by atoms with E-state index in [0.717, 1.165) is 19.5 Å². The van der Waals surface area contributed by atoms with Gasteiger partial charge in [0.25, 0.3) is 0 Å². The molecule has 2 aliphatic heterocycles. The van der Waals surface area contributed by atoms with E-state index in [1.807, 2.05) is 6.92 Å². The van der Waals surface area contributed by atoms with E-state index in [2.05, 4.69) is 24.2 Å². The Kier molecular flexibility index (Phi) is 3.94. The van der Waals surface area contributed by atoms with Crippen molar-refractivity contribution in [2.45, 2.75) is 32.4 Å². The van der Waals surface area contributed by atoms with Gasteiger partial charge < -0.3 is 20.7 Å². The maximum atomic E-state index is 12.4. The lowest BCUT2D eigenvalue weighted by atomic mass is 9.83. The number of nitrogens with zero attached hydrogens (tertiary/aromatic N) is 1. The third kappa shape index (κ3) is 2.53. The zero-order chi connectivity index (χ0) is 13.3. The van der Waals surface area contributed by atoms with Gasteiger partial charge in [0.15, 0.2) is 0 Å². The summed E-state index contributed by atoms with van der Waals surface area (Å²) in [4.78, 5) is 14.7. The molecule has 0 aromatic rings. The number of likely N-dealkylation sites (tertiary alicyclic amines) is 1. The van der Waals surface area contributed by atoms with Crippen molar-refractivity contribution in [3.8, 4) is 0 Å². The SMILES string of the molecule is CC1CN(C)CCC1NC(=O)C1(C)COCC1N. The molecule has 0 aromatic heterocycles. The molecular weight excluding hydrogens is 230 g/mol. The molecule has 104 valence electrons. The molecule has 2 aliphatic rings. The maximum Gasteiger partial charge on any atom is 0.230 e. The molecule has 3 N–H and O–H groups in total. The standard InChI is InChI=1S/C13H25N3O2/c1-9-6-16(3)5-4-10(9)15-12(17)13(2)8-18-7-11(13)14/h9-11H,4-8,14H2,1-3H3,(H,15,17). The van der Waals surface area contributed by atoms with Crippen LogP contribution in [-0.2, 0) is 9.53 Å². The molecule has 2 heterocycles. The Morgan fingerprint density at radius 2 is 2.28 bits per heavy atom. The second kappa shape index (κ2) is 5.15. The average molecular weight is 255 g/mol. The highest BCUT2D eigenvalue weighted by Crippen LogP contribution is 2.28. The topological polar surface area (TPSA) is 67.6 Å². The summed E-state index contributed by atoms with van der Waals surface area (Å²) in [5.41, 5.74) is 5.42. The van der Waals surface area contributed by atoms with Crippen LogP contribution in [0.25, 0.3) is 0 Å². The molecule has 2 fully saturated rings. The minimum absolute atomic E-state index is 0.0499. The van der Waals surface area contributed by atoms with Crippen LogP contribution in [0.3, 0.4) is 0 Å². The molecule has 2 rings (SSSR count). The number of hydrogen-bond acceptors (Lipinski definition) is 4. The van der Waals surface area contributed by atoms with E-state index in [4.69, 9.17) is 10.5 Å². The van der Waals surface area contributed by atoms with E-state index < -0.39 is 5.41 Å². The van der Waals surface area contributed by atoms with E-state index in [9.17, 15) is 4.79 Å². The van der Waals surface area contributed by atoms with Crippen molar-refractivity contribution in [3.63, 3.8) is 0 Å². The van der Waals surface area contributed by atoms with Gasteiger partial charge in [-0.3, -0.25) is 4.79 Å². The Morgan fingerprint density at radius 1 is 1.56 bits per heavy atom. The lowest BCUT2D eigenvalue weighted by Crippen LogP contribution is -2.56. The number of amides is 1. The van der Waals surface area contributed by atoms with Crippen LogP contribution >= 0.6 is 0 Å². The Balaban J connectivity index is 1.95. The first-order valence-corrected chi connectivity index (χ1v) is 6.76. The average Bonchev–Trinajstić information content (AvgIpc) is 2.64. The number of carbonyl (C=O) groups excluding carboxylic acids is 1. The molecule has 5 nitrogen and oxygen atoms in total. The number of nitrogens with two attached hydrogens (primary N) is 1. The highest BCUT2D eigenvalue weighted by Gasteiger charge is 2.45. The first-order chi connectivity index (χ1) is 8.43. The summed E-state index contributed by atoms with van der Waals surface area (Å²) in [5.74, 6) is 0.531. The second-order valence-corrected chi connectivity index (χ2v) is 6.15. The maximum absolute atomic E-state index is 12.4. The zero-order valence-electron chi connectivity index (χ0n) is 11.6. The molecule has 0 bridgehead atoms. The Morgan fingerprint density at radius 3 is 2.83 bits per heavy atom. The van der Waals surface area contributed by atoms with E-state index in [-0.39, 0.29) is 18.0 Å². The van der Waals surface area contributed by atoms with Crippen molar-refractivity contribution in [1.29, 1.82) is 0 Å². The number of piperidine rings is 1. The van der Waals surface area contributed by atoms with Gasteiger partial charge in [-0.1, -0.05) is 6.92 Å². The van der Waals surface area contributed by atoms with Crippen LogP contribution < -0.4 is 11.1 Å². The van der Waals surface area contributed by atoms with Crippen LogP contribution in [-0.4, -0.2) is 56.2 Å². The van der Waals surface area contributed by atoms with Gasteiger partial charge in [0.2, 0.25) is 5.91 Å². The molecule has 4 atom stereocenters. The lowest BCUT2D eigenvalue weighted by molar-refractivity contribution is -0.132. The van der Waals surface area contributed by atoms with Gasteiger partial charge in [-0.25, -0.2) is 0 Å². The molecule has 1 amide bonds. The molecule has 2 saturated heterocycles. The summed E-state index contributed by atoms with van der Waals surface area (Å²) in [7, 11) is 2.12. The fourth-order valence-corrected chi connectivity index (χ4v) is 2.82. The van der Waals surface area contributed by atoms with Crippen LogP contribution in [0.15, 0.2) is 0 Å². The van der Waals surface area contributed by atoms with Crippen LogP contribution in [0.1, 0.15) is 20.3 Å². The normalized spacial score (nSPS) is 41.9. The van der Waals surface area contributed by atoms with Gasteiger partial charge in [0, 0.05) is 18.6 Å². The summed E-state index contributed by atoms with van der Waals surface area (Å²) in [6.07, 6.45) is 1.01. The van der Waals surface area contributed by atoms with Gasteiger partial charge >= 0.3 is 0 Å². The molecular formula is C13H25N3O2. The third-order valence-corrected chi connectivity index (χ3v) is 4.46. The number of hydrogen-bond donors (Lipinski definition) is 2. The van der Waals surface area contributed by atoms with Crippen LogP contribution in [0, 0.1) is 11.3 Å². The fourth-order valence-electron chi connectivity index (χ4n) is 2.82. The Bertz CT molecular complexity index is 323. The third-order valence-electron chi connectivity index (χ3n) is 4.46. The predicted molar refractivity (Wildman–Crippen MR) is 70.1 cm³/mol. The number of carbonyl (C=O) groups is 1. The molecule has 0 aliphatic carbocycles. The first kappa shape index (κ1) is 13.8. The van der Waals surface area contributed by atoms with E-state index in [1.165, 1.54) is 0 Å². The molecule has 0 aromatic carbocycles. The predicted octanol–water partition coefficient (Wildman–Crippen LogP) is -0.193. The Hall–Kier alpha value is -0.650. The second-order valence-electron chi connectivity index (χ2n) is 6.15. The largest absolute Gasteiger partial charge is 0.379 e. The van der Waals surface area contributed by atoms with Crippen LogP contribution in [0.4, 0.5) is 0 Å². The lowest BCUT2D eigenvalue weighted by Gasteiger charge is -2.37.